The summed E-state index contributed by atoms with van der Waals surface area (Å²) in [5.41, 5.74) is 0.636. The van der Waals surface area contributed by atoms with E-state index >= 15 is 0 Å². The molecule has 0 radical (unpaired) electrons. The molecule has 1 aromatic rings. The molecule has 1 heterocycles. The minimum Gasteiger partial charge on any atom is -0.745 e. The molecule has 0 amide bonds. The number of fused-ring (bicyclic) bond motifs is 1. The summed E-state index contributed by atoms with van der Waals surface area (Å²) in [6, 6.07) is 6.30. The minimum atomic E-state index is -4.86. The largest absolute Gasteiger partial charge is 1.00 e. The van der Waals surface area contributed by atoms with Gasteiger partial charge in [0.25, 0.3) is 0 Å². The number of aliphatic hydroxyl groups is 1. The van der Waals surface area contributed by atoms with Gasteiger partial charge in [0.15, 0.2) is 0 Å². The second-order valence-corrected chi connectivity index (χ2v) is 4.97. The van der Waals surface area contributed by atoms with Crippen LogP contribution in [0.1, 0.15) is 11.1 Å². The van der Waals surface area contributed by atoms with Crippen LogP contribution in [0.2, 0.25) is 0 Å². The van der Waals surface area contributed by atoms with Gasteiger partial charge in [0.05, 0.1) is 13.2 Å². The van der Waals surface area contributed by atoms with Gasteiger partial charge in [0.2, 0.25) is 4.93 Å². The number of rotatable bonds is 1. The van der Waals surface area contributed by atoms with Gasteiger partial charge in [0, 0.05) is 5.56 Å². The molecule has 0 spiro atoms. The van der Waals surface area contributed by atoms with E-state index in [1.807, 2.05) is 0 Å². The van der Waals surface area contributed by atoms with E-state index in [1.165, 1.54) is 6.07 Å². The Balaban J connectivity index is 0.00000128. The first-order valence-electron chi connectivity index (χ1n) is 4.29. The molecule has 1 atom stereocenters. The molecule has 0 fully saturated rings. The summed E-state index contributed by atoms with van der Waals surface area (Å²) in [7, 11) is -4.86. The molecule has 0 aliphatic carbocycles. The first kappa shape index (κ1) is 14.1. The number of hydrogen-bond acceptors (Lipinski definition) is 5. The predicted octanol–water partition coefficient (Wildman–Crippen LogP) is -3.09. The number of benzene rings is 1. The minimum absolute atomic E-state index is 0. The summed E-state index contributed by atoms with van der Waals surface area (Å²) >= 11 is 0. The molecule has 0 bridgehead atoms. The van der Waals surface area contributed by atoms with Gasteiger partial charge in [-0.05, 0) is 5.56 Å². The van der Waals surface area contributed by atoms with E-state index in [0.717, 1.165) is 0 Å². The molecular formula is C9H9NaO5S. The van der Waals surface area contributed by atoms with Crippen LogP contribution in [-0.4, -0.2) is 24.7 Å². The molecule has 1 aliphatic heterocycles. The van der Waals surface area contributed by atoms with Crippen LogP contribution >= 0.6 is 0 Å². The molecule has 0 saturated heterocycles. The summed E-state index contributed by atoms with van der Waals surface area (Å²) in [6.45, 7) is -0.316. The Labute approximate surface area is 115 Å². The third-order valence-electron chi connectivity index (χ3n) is 2.41. The Morgan fingerprint density at radius 3 is 2.62 bits per heavy atom. The summed E-state index contributed by atoms with van der Waals surface area (Å²) in [5.74, 6) is 0. The maximum atomic E-state index is 11.0. The number of ether oxygens (including phenoxy) is 1. The van der Waals surface area contributed by atoms with E-state index in [1.54, 1.807) is 18.2 Å². The molecule has 0 aromatic heterocycles. The quantitative estimate of drug-likeness (QED) is 0.423. The van der Waals surface area contributed by atoms with Crippen LogP contribution in [-0.2, 0) is 26.4 Å². The van der Waals surface area contributed by atoms with Crippen LogP contribution in [0.4, 0.5) is 0 Å². The van der Waals surface area contributed by atoms with Crippen LogP contribution in [0.3, 0.4) is 0 Å². The fourth-order valence-electron chi connectivity index (χ4n) is 1.61. The summed E-state index contributed by atoms with van der Waals surface area (Å²) in [5, 5.41) is 9.83. The SMILES string of the molecule is O=S(=O)([O-])C1(O)COCc2ccccc21.[Na+]. The van der Waals surface area contributed by atoms with Crippen LogP contribution in [0, 0.1) is 0 Å². The maximum Gasteiger partial charge on any atom is 1.00 e. The molecule has 1 aromatic carbocycles. The van der Waals surface area contributed by atoms with Crippen molar-refractivity contribution in [3.63, 3.8) is 0 Å². The Morgan fingerprint density at radius 2 is 2.00 bits per heavy atom. The van der Waals surface area contributed by atoms with Gasteiger partial charge in [-0.1, -0.05) is 24.3 Å². The van der Waals surface area contributed by atoms with E-state index in [9.17, 15) is 18.1 Å². The van der Waals surface area contributed by atoms with E-state index in [-0.39, 0.29) is 41.7 Å². The van der Waals surface area contributed by atoms with Gasteiger partial charge < -0.3 is 14.4 Å². The van der Waals surface area contributed by atoms with Crippen molar-refractivity contribution in [3.8, 4) is 0 Å². The number of hydrogen-bond donors (Lipinski definition) is 1. The smallest absolute Gasteiger partial charge is 0.745 e. The standard InChI is InChI=1S/C9H10O5S.Na/c10-9(15(11,12)13)6-14-5-7-3-1-2-4-8(7)9;/h1-4,10H,5-6H2,(H,11,12,13);/q;+1/p-1. The molecule has 1 N–H and O–H groups in total. The van der Waals surface area contributed by atoms with Gasteiger partial charge >= 0.3 is 29.6 Å². The second-order valence-electron chi connectivity index (χ2n) is 3.39. The third kappa shape index (κ3) is 2.19. The zero-order chi connectivity index (χ0) is 11.1. The van der Waals surface area contributed by atoms with Crippen LogP contribution in [0.25, 0.3) is 0 Å². The maximum absolute atomic E-state index is 11.0. The summed E-state index contributed by atoms with van der Waals surface area (Å²) in [6.07, 6.45) is 0. The Bertz CT molecular complexity index is 486. The normalized spacial score (nSPS) is 24.4. The van der Waals surface area contributed by atoms with Crippen molar-refractivity contribution < 1.29 is 52.4 Å². The van der Waals surface area contributed by atoms with Gasteiger partial charge in [-0.25, -0.2) is 8.42 Å². The van der Waals surface area contributed by atoms with Crippen LogP contribution < -0.4 is 29.6 Å². The molecule has 82 valence electrons. The van der Waals surface area contributed by atoms with Crippen LogP contribution in [0.5, 0.6) is 0 Å². The molecule has 1 aliphatic rings. The summed E-state index contributed by atoms with van der Waals surface area (Å²) in [4.78, 5) is -2.46. The van der Waals surface area contributed by atoms with Gasteiger partial charge in [0.1, 0.15) is 10.1 Å². The summed E-state index contributed by atoms with van der Waals surface area (Å²) < 4.78 is 37.9. The zero-order valence-electron chi connectivity index (χ0n) is 8.71. The molecule has 5 nitrogen and oxygen atoms in total. The van der Waals surface area contributed by atoms with Crippen molar-refractivity contribution >= 4 is 10.1 Å². The van der Waals surface area contributed by atoms with Crippen molar-refractivity contribution in [2.45, 2.75) is 11.5 Å². The molecule has 16 heavy (non-hydrogen) atoms. The van der Waals surface area contributed by atoms with Crippen molar-refractivity contribution in [1.82, 2.24) is 0 Å². The average Bonchev–Trinajstić information content (AvgIpc) is 2.17. The van der Waals surface area contributed by atoms with Crippen molar-refractivity contribution in [2.75, 3.05) is 6.61 Å². The third-order valence-corrected chi connectivity index (χ3v) is 3.57. The van der Waals surface area contributed by atoms with Gasteiger partial charge in [-0.2, -0.15) is 0 Å². The Hall–Kier alpha value is 0.0500. The Morgan fingerprint density at radius 1 is 1.38 bits per heavy atom. The zero-order valence-corrected chi connectivity index (χ0v) is 11.5. The molecule has 7 heteroatoms. The van der Waals surface area contributed by atoms with E-state index in [2.05, 4.69) is 0 Å². The fraction of sp³-hybridized carbons (Fsp3) is 0.333. The topological polar surface area (TPSA) is 86.7 Å². The average molecular weight is 252 g/mol. The molecule has 2 rings (SSSR count). The first-order chi connectivity index (χ1) is 6.95. The van der Waals surface area contributed by atoms with E-state index < -0.39 is 21.7 Å². The second kappa shape index (κ2) is 4.73. The van der Waals surface area contributed by atoms with E-state index in [0.29, 0.717) is 5.56 Å². The fourth-order valence-corrected chi connectivity index (χ4v) is 2.31. The molecular weight excluding hydrogens is 243 g/mol. The van der Waals surface area contributed by atoms with Gasteiger partial charge in [-0.3, -0.25) is 0 Å². The van der Waals surface area contributed by atoms with Gasteiger partial charge in [-0.15, -0.1) is 0 Å². The van der Waals surface area contributed by atoms with Crippen LogP contribution in [0.15, 0.2) is 24.3 Å². The van der Waals surface area contributed by atoms with Crippen molar-refractivity contribution in [2.24, 2.45) is 0 Å². The Kier molecular flexibility index (Phi) is 4.18. The first-order valence-corrected chi connectivity index (χ1v) is 5.70. The van der Waals surface area contributed by atoms with Crippen molar-refractivity contribution in [1.29, 1.82) is 0 Å². The van der Waals surface area contributed by atoms with Crippen molar-refractivity contribution in [3.05, 3.63) is 35.4 Å². The van der Waals surface area contributed by atoms with E-state index in [4.69, 9.17) is 4.74 Å². The predicted molar refractivity (Wildman–Crippen MR) is 49.7 cm³/mol. The monoisotopic (exact) mass is 252 g/mol. The molecule has 1 unspecified atom stereocenters. The molecule has 0 saturated carbocycles.